The second-order valence-electron chi connectivity index (χ2n) is 5.47. The Balaban J connectivity index is 0.000000211. The number of Topliss-reactive ketones (excluding diaryl/α,β-unsaturated/α-hetero) is 1. The number of ether oxygens (including phenoxy) is 1. The van der Waals surface area contributed by atoms with Crippen molar-refractivity contribution in [3.05, 3.63) is 35.9 Å². The summed E-state index contributed by atoms with van der Waals surface area (Å²) >= 11 is 0. The highest BCUT2D eigenvalue weighted by Crippen LogP contribution is 2.10. The Labute approximate surface area is 126 Å². The van der Waals surface area contributed by atoms with Gasteiger partial charge in [-0.1, -0.05) is 44.2 Å². The maximum absolute atomic E-state index is 11.3. The maximum atomic E-state index is 11.3. The van der Waals surface area contributed by atoms with Crippen LogP contribution in [0.15, 0.2) is 30.3 Å². The monoisotopic (exact) mass is 291 g/mol. The van der Waals surface area contributed by atoms with E-state index in [1.807, 2.05) is 44.2 Å². The van der Waals surface area contributed by atoms with E-state index in [-0.39, 0.29) is 17.9 Å². The van der Waals surface area contributed by atoms with E-state index in [1.54, 1.807) is 0 Å². The largest absolute Gasteiger partial charge is 0.461 e. The highest BCUT2D eigenvalue weighted by atomic mass is 16.5. The third-order valence-electron chi connectivity index (χ3n) is 3.26. The molecular weight excluding hydrogens is 266 g/mol. The highest BCUT2D eigenvalue weighted by Gasteiger charge is 2.23. The van der Waals surface area contributed by atoms with E-state index in [9.17, 15) is 9.59 Å². The van der Waals surface area contributed by atoms with Crippen LogP contribution in [0.3, 0.4) is 0 Å². The molecule has 0 unspecified atom stereocenters. The molecule has 0 aromatic heterocycles. The zero-order valence-electron chi connectivity index (χ0n) is 13.1. The Morgan fingerprint density at radius 3 is 2.43 bits per heavy atom. The van der Waals surface area contributed by atoms with Crippen molar-refractivity contribution < 1.29 is 14.3 Å². The number of nitrogens with one attached hydrogen (secondary N) is 1. The molecular formula is C17H25NO3. The van der Waals surface area contributed by atoms with Crippen LogP contribution < -0.4 is 5.32 Å². The molecule has 1 aromatic carbocycles. The first-order valence-electron chi connectivity index (χ1n) is 7.45. The van der Waals surface area contributed by atoms with Crippen molar-refractivity contribution in [3.8, 4) is 0 Å². The van der Waals surface area contributed by atoms with Gasteiger partial charge >= 0.3 is 5.97 Å². The zero-order valence-corrected chi connectivity index (χ0v) is 13.1. The first kappa shape index (κ1) is 17.4. The first-order valence-corrected chi connectivity index (χ1v) is 7.45. The van der Waals surface area contributed by atoms with Crippen LogP contribution >= 0.6 is 0 Å². The maximum Gasteiger partial charge on any atom is 0.302 e. The molecule has 0 amide bonds. The molecule has 0 radical (unpaired) electrons. The van der Waals surface area contributed by atoms with Crippen LogP contribution in [0.5, 0.6) is 0 Å². The van der Waals surface area contributed by atoms with Gasteiger partial charge in [0.15, 0.2) is 5.78 Å². The number of benzene rings is 1. The third kappa shape index (κ3) is 7.04. The quantitative estimate of drug-likeness (QED) is 0.867. The van der Waals surface area contributed by atoms with Gasteiger partial charge in [0.25, 0.3) is 0 Å². The van der Waals surface area contributed by atoms with Crippen molar-refractivity contribution in [2.75, 3.05) is 6.54 Å². The molecule has 116 valence electrons. The summed E-state index contributed by atoms with van der Waals surface area (Å²) in [5.41, 5.74) is 1.02. The van der Waals surface area contributed by atoms with Crippen molar-refractivity contribution in [1.29, 1.82) is 0 Å². The second kappa shape index (κ2) is 9.29. The Morgan fingerprint density at radius 1 is 1.29 bits per heavy atom. The van der Waals surface area contributed by atoms with Gasteiger partial charge in [-0.15, -0.1) is 0 Å². The minimum absolute atomic E-state index is 0.167. The van der Waals surface area contributed by atoms with Gasteiger partial charge in [0.1, 0.15) is 6.61 Å². The fraction of sp³-hybridized carbons (Fsp3) is 0.529. The van der Waals surface area contributed by atoms with Crippen LogP contribution in [0.4, 0.5) is 0 Å². The Kier molecular flexibility index (Phi) is 7.69. The van der Waals surface area contributed by atoms with Gasteiger partial charge in [-0.2, -0.15) is 0 Å². The fourth-order valence-corrected chi connectivity index (χ4v) is 2.09. The molecule has 0 saturated carbocycles. The Morgan fingerprint density at radius 2 is 1.95 bits per heavy atom. The van der Waals surface area contributed by atoms with Crippen molar-refractivity contribution in [3.63, 3.8) is 0 Å². The molecule has 1 aliphatic heterocycles. The Bertz CT molecular complexity index is 437. The smallest absolute Gasteiger partial charge is 0.302 e. The van der Waals surface area contributed by atoms with Gasteiger partial charge in [-0.3, -0.25) is 9.59 Å². The van der Waals surface area contributed by atoms with Gasteiger partial charge in [0.2, 0.25) is 0 Å². The third-order valence-corrected chi connectivity index (χ3v) is 3.26. The summed E-state index contributed by atoms with van der Waals surface area (Å²) in [7, 11) is 0. The lowest BCUT2D eigenvalue weighted by Gasteiger charge is -2.10. The molecule has 21 heavy (non-hydrogen) atoms. The number of ketones is 1. The number of rotatable bonds is 4. The molecule has 1 aromatic rings. The van der Waals surface area contributed by atoms with Crippen LogP contribution in [-0.2, 0) is 20.9 Å². The minimum Gasteiger partial charge on any atom is -0.461 e. The van der Waals surface area contributed by atoms with E-state index in [4.69, 9.17) is 4.74 Å². The first-order chi connectivity index (χ1) is 10.0. The number of esters is 1. The molecule has 1 atom stereocenters. The molecule has 1 N–H and O–H groups in total. The average molecular weight is 291 g/mol. The standard InChI is InChI=1S/C9H10O2.C8H15NO/c1-8(10)11-7-9-5-3-2-4-6-9;1-6(2)8(10)7-4-3-5-9-7/h2-6H,7H2,1H3;6-7,9H,3-5H2,1-2H3/t;7-/m.1/s1. The van der Waals surface area contributed by atoms with Crippen LogP contribution in [0.1, 0.15) is 39.2 Å². The Hall–Kier alpha value is -1.68. The van der Waals surface area contributed by atoms with Crippen LogP contribution in [0.2, 0.25) is 0 Å². The molecule has 1 heterocycles. The second-order valence-corrected chi connectivity index (χ2v) is 5.47. The summed E-state index contributed by atoms with van der Waals surface area (Å²) in [5, 5.41) is 3.19. The zero-order chi connectivity index (χ0) is 15.7. The van der Waals surface area contributed by atoms with Crippen LogP contribution in [0.25, 0.3) is 0 Å². The number of hydrogen-bond donors (Lipinski definition) is 1. The van der Waals surface area contributed by atoms with Crippen LogP contribution in [0, 0.1) is 5.92 Å². The van der Waals surface area contributed by atoms with Crippen LogP contribution in [-0.4, -0.2) is 24.3 Å². The number of carbonyl (C=O) groups is 2. The van der Waals surface area contributed by atoms with Gasteiger partial charge < -0.3 is 10.1 Å². The van der Waals surface area contributed by atoms with Crippen molar-refractivity contribution in [1.82, 2.24) is 5.32 Å². The van der Waals surface area contributed by atoms with E-state index in [1.165, 1.54) is 6.92 Å². The SMILES string of the molecule is CC(=O)OCc1ccccc1.CC(C)C(=O)[C@H]1CCCN1. The summed E-state index contributed by atoms with van der Waals surface area (Å²) in [6.07, 6.45) is 2.19. The van der Waals surface area contributed by atoms with E-state index < -0.39 is 0 Å². The molecule has 1 aliphatic rings. The van der Waals surface area contributed by atoms with Gasteiger partial charge in [0, 0.05) is 12.8 Å². The average Bonchev–Trinajstić information content (AvgIpc) is 3.00. The van der Waals surface area contributed by atoms with Gasteiger partial charge in [-0.25, -0.2) is 0 Å². The molecule has 0 bridgehead atoms. The molecule has 0 aliphatic carbocycles. The molecule has 0 spiro atoms. The number of hydrogen-bond acceptors (Lipinski definition) is 4. The van der Waals surface area contributed by atoms with Crippen molar-refractivity contribution in [2.24, 2.45) is 5.92 Å². The van der Waals surface area contributed by atoms with Crippen molar-refractivity contribution >= 4 is 11.8 Å². The lowest BCUT2D eigenvalue weighted by Crippen LogP contribution is -2.33. The highest BCUT2D eigenvalue weighted by molar-refractivity contribution is 5.85. The summed E-state index contributed by atoms with van der Waals surface area (Å²) in [6, 6.07) is 9.76. The van der Waals surface area contributed by atoms with E-state index in [2.05, 4.69) is 5.32 Å². The predicted octanol–water partition coefficient (Wildman–Crippen LogP) is 2.71. The lowest BCUT2D eigenvalue weighted by atomic mass is 10.0. The lowest BCUT2D eigenvalue weighted by molar-refractivity contribution is -0.142. The summed E-state index contributed by atoms with van der Waals surface area (Å²) in [5.74, 6) is 0.321. The van der Waals surface area contributed by atoms with Crippen molar-refractivity contribution in [2.45, 2.75) is 46.3 Å². The van der Waals surface area contributed by atoms with E-state index >= 15 is 0 Å². The predicted molar refractivity (Wildman–Crippen MR) is 82.8 cm³/mol. The molecule has 4 heteroatoms. The molecule has 1 saturated heterocycles. The van der Waals surface area contributed by atoms with Gasteiger partial charge in [0.05, 0.1) is 6.04 Å². The summed E-state index contributed by atoms with van der Waals surface area (Å²) in [4.78, 5) is 21.7. The summed E-state index contributed by atoms with van der Waals surface area (Å²) < 4.78 is 4.79. The fourth-order valence-electron chi connectivity index (χ4n) is 2.09. The number of carbonyl (C=O) groups excluding carboxylic acids is 2. The topological polar surface area (TPSA) is 55.4 Å². The van der Waals surface area contributed by atoms with Gasteiger partial charge in [-0.05, 0) is 24.9 Å². The molecule has 4 nitrogen and oxygen atoms in total. The minimum atomic E-state index is -0.242. The summed E-state index contributed by atoms with van der Waals surface area (Å²) in [6.45, 7) is 6.72. The molecule has 1 fully saturated rings. The normalized spacial score (nSPS) is 17.0. The van der Waals surface area contributed by atoms with E-state index in [0.717, 1.165) is 24.9 Å². The van der Waals surface area contributed by atoms with E-state index in [0.29, 0.717) is 12.4 Å². The molecule has 2 rings (SSSR count).